The highest BCUT2D eigenvalue weighted by atomic mass is 15.3. The molecule has 4 heteroatoms. The van der Waals surface area contributed by atoms with E-state index in [9.17, 15) is 0 Å². The van der Waals surface area contributed by atoms with Crippen LogP contribution in [-0.4, -0.2) is 18.5 Å². The second kappa shape index (κ2) is 8.81. The zero-order valence-corrected chi connectivity index (χ0v) is 9.64. The lowest BCUT2D eigenvalue weighted by atomic mass is 10.1. The van der Waals surface area contributed by atoms with Crippen molar-refractivity contribution in [2.24, 2.45) is 10.8 Å². The molecule has 0 aromatic heterocycles. The van der Waals surface area contributed by atoms with Crippen LogP contribution < -0.4 is 16.6 Å². The minimum absolute atomic E-state index is 0.432. The molecule has 0 aliphatic carbocycles. The van der Waals surface area contributed by atoms with E-state index in [0.717, 1.165) is 19.4 Å². The van der Waals surface area contributed by atoms with Crippen LogP contribution in [0.25, 0.3) is 0 Å². The number of hydrogen-bond donors (Lipinski definition) is 3. The molecule has 84 valence electrons. The molecular formula is C10H24N4. The maximum atomic E-state index is 5.35. The van der Waals surface area contributed by atoms with Crippen LogP contribution in [0.4, 0.5) is 0 Å². The zero-order valence-electron chi connectivity index (χ0n) is 9.64. The van der Waals surface area contributed by atoms with Crippen LogP contribution in [0, 0.1) is 0 Å². The van der Waals surface area contributed by atoms with Crippen LogP contribution in [0.15, 0.2) is 4.99 Å². The van der Waals surface area contributed by atoms with Crippen LogP contribution >= 0.6 is 0 Å². The molecule has 0 saturated carbocycles. The van der Waals surface area contributed by atoms with Gasteiger partial charge in [-0.25, -0.2) is 5.84 Å². The Morgan fingerprint density at radius 1 is 1.36 bits per heavy atom. The van der Waals surface area contributed by atoms with Gasteiger partial charge in [-0.3, -0.25) is 10.4 Å². The van der Waals surface area contributed by atoms with Gasteiger partial charge >= 0.3 is 0 Å². The third kappa shape index (κ3) is 6.71. The predicted molar refractivity (Wildman–Crippen MR) is 62.0 cm³/mol. The van der Waals surface area contributed by atoms with Gasteiger partial charge in [0.25, 0.3) is 0 Å². The van der Waals surface area contributed by atoms with Crippen molar-refractivity contribution >= 4 is 5.96 Å². The van der Waals surface area contributed by atoms with Gasteiger partial charge in [0.15, 0.2) is 0 Å². The predicted octanol–water partition coefficient (Wildman–Crippen LogP) is 1.38. The Labute approximate surface area is 87.3 Å². The molecule has 0 aromatic rings. The standard InChI is InChI=1S/C10H24N4/c1-4-6-7-9(3)13-10(14-11)12-8-5-2/h9H,4-8,11H2,1-3H3,(H2,12,13,14). The molecule has 0 fully saturated rings. The van der Waals surface area contributed by atoms with Crippen molar-refractivity contribution in [1.82, 2.24) is 10.7 Å². The maximum absolute atomic E-state index is 5.35. The lowest BCUT2D eigenvalue weighted by Gasteiger charge is -2.15. The fourth-order valence-electron chi connectivity index (χ4n) is 1.17. The first-order valence-electron chi connectivity index (χ1n) is 5.52. The van der Waals surface area contributed by atoms with Gasteiger partial charge in [-0.05, 0) is 19.8 Å². The largest absolute Gasteiger partial charge is 0.353 e. The van der Waals surface area contributed by atoms with Gasteiger partial charge in [0.1, 0.15) is 0 Å². The van der Waals surface area contributed by atoms with E-state index >= 15 is 0 Å². The summed E-state index contributed by atoms with van der Waals surface area (Å²) in [6.07, 6.45) is 4.66. The number of aliphatic imine (C=N–C) groups is 1. The molecule has 0 aliphatic rings. The fraction of sp³-hybridized carbons (Fsp3) is 0.900. The minimum Gasteiger partial charge on any atom is -0.353 e. The summed E-state index contributed by atoms with van der Waals surface area (Å²) in [7, 11) is 0. The van der Waals surface area contributed by atoms with Gasteiger partial charge in [0.2, 0.25) is 5.96 Å². The van der Waals surface area contributed by atoms with E-state index in [4.69, 9.17) is 5.84 Å². The van der Waals surface area contributed by atoms with Crippen molar-refractivity contribution in [2.45, 2.75) is 52.5 Å². The molecule has 0 saturated heterocycles. The van der Waals surface area contributed by atoms with Crippen molar-refractivity contribution in [3.05, 3.63) is 0 Å². The van der Waals surface area contributed by atoms with Crippen LogP contribution in [0.3, 0.4) is 0 Å². The first-order valence-corrected chi connectivity index (χ1v) is 5.52. The number of hydrazine groups is 1. The van der Waals surface area contributed by atoms with Crippen molar-refractivity contribution in [3.63, 3.8) is 0 Å². The van der Waals surface area contributed by atoms with Crippen molar-refractivity contribution in [3.8, 4) is 0 Å². The van der Waals surface area contributed by atoms with Crippen LogP contribution in [0.2, 0.25) is 0 Å². The van der Waals surface area contributed by atoms with Gasteiger partial charge < -0.3 is 5.32 Å². The summed E-state index contributed by atoms with van der Waals surface area (Å²) in [5.74, 6) is 6.05. The van der Waals surface area contributed by atoms with Gasteiger partial charge in [-0.15, -0.1) is 0 Å². The van der Waals surface area contributed by atoms with Crippen molar-refractivity contribution < 1.29 is 0 Å². The van der Waals surface area contributed by atoms with E-state index in [1.165, 1.54) is 12.8 Å². The molecule has 4 nitrogen and oxygen atoms in total. The molecule has 1 atom stereocenters. The molecule has 4 N–H and O–H groups in total. The second-order valence-electron chi connectivity index (χ2n) is 3.56. The molecule has 1 unspecified atom stereocenters. The Kier molecular flexibility index (Phi) is 8.33. The summed E-state index contributed by atoms with van der Waals surface area (Å²) in [6, 6.07) is 0.432. The molecule has 0 bridgehead atoms. The van der Waals surface area contributed by atoms with Crippen LogP contribution in [-0.2, 0) is 0 Å². The average molecular weight is 200 g/mol. The molecule has 0 spiro atoms. The summed E-state index contributed by atoms with van der Waals surface area (Å²) < 4.78 is 0. The van der Waals surface area contributed by atoms with Gasteiger partial charge in [-0.1, -0.05) is 26.7 Å². The smallest absolute Gasteiger partial charge is 0.205 e. The molecule has 0 amide bonds. The van der Waals surface area contributed by atoms with Gasteiger partial charge in [0.05, 0.1) is 0 Å². The third-order valence-electron chi connectivity index (χ3n) is 2.00. The summed E-state index contributed by atoms with van der Waals surface area (Å²) in [4.78, 5) is 4.28. The third-order valence-corrected chi connectivity index (χ3v) is 2.00. The topological polar surface area (TPSA) is 62.4 Å². The van der Waals surface area contributed by atoms with Gasteiger partial charge in [-0.2, -0.15) is 0 Å². The highest BCUT2D eigenvalue weighted by Gasteiger charge is 2.02. The number of hydrogen-bond acceptors (Lipinski definition) is 2. The normalized spacial score (nSPS) is 13.9. The molecule has 0 aliphatic heterocycles. The Bertz CT molecular complexity index is 156. The molecule has 0 rings (SSSR count). The fourth-order valence-corrected chi connectivity index (χ4v) is 1.17. The Morgan fingerprint density at radius 3 is 2.57 bits per heavy atom. The van der Waals surface area contributed by atoms with E-state index in [2.05, 4.69) is 36.5 Å². The number of rotatable bonds is 6. The number of guanidine groups is 1. The molecular weight excluding hydrogens is 176 g/mol. The van der Waals surface area contributed by atoms with E-state index in [0.29, 0.717) is 12.0 Å². The summed E-state index contributed by atoms with van der Waals surface area (Å²) in [5, 5.41) is 3.25. The highest BCUT2D eigenvalue weighted by molar-refractivity contribution is 5.79. The van der Waals surface area contributed by atoms with Crippen LogP contribution in [0.5, 0.6) is 0 Å². The highest BCUT2D eigenvalue weighted by Crippen LogP contribution is 1.98. The Morgan fingerprint density at radius 2 is 2.07 bits per heavy atom. The number of nitrogens with one attached hydrogen (secondary N) is 2. The van der Waals surface area contributed by atoms with Crippen molar-refractivity contribution in [1.29, 1.82) is 0 Å². The number of nitrogens with two attached hydrogens (primary N) is 1. The summed E-state index contributed by atoms with van der Waals surface area (Å²) in [6.45, 7) is 7.25. The van der Waals surface area contributed by atoms with E-state index in [1.807, 2.05) is 0 Å². The first-order chi connectivity index (χ1) is 6.74. The lowest BCUT2D eigenvalue weighted by Crippen LogP contribution is -2.45. The molecule has 0 heterocycles. The van der Waals surface area contributed by atoms with Crippen molar-refractivity contribution in [2.75, 3.05) is 6.54 Å². The maximum Gasteiger partial charge on any atom is 0.205 e. The molecule has 0 radical (unpaired) electrons. The Balaban J connectivity index is 3.79. The monoisotopic (exact) mass is 200 g/mol. The minimum atomic E-state index is 0.432. The summed E-state index contributed by atoms with van der Waals surface area (Å²) in [5.41, 5.74) is 2.58. The van der Waals surface area contributed by atoms with E-state index in [1.54, 1.807) is 0 Å². The van der Waals surface area contributed by atoms with E-state index < -0.39 is 0 Å². The molecule has 0 aromatic carbocycles. The summed E-state index contributed by atoms with van der Waals surface area (Å²) >= 11 is 0. The second-order valence-corrected chi connectivity index (χ2v) is 3.56. The number of unbranched alkanes of at least 4 members (excludes halogenated alkanes) is 1. The average Bonchev–Trinajstić information content (AvgIpc) is 2.21. The zero-order chi connectivity index (χ0) is 10.8. The SMILES string of the molecule is CCCCC(C)NC(=NCCC)NN. The quantitative estimate of drug-likeness (QED) is 0.263. The van der Waals surface area contributed by atoms with Crippen LogP contribution in [0.1, 0.15) is 46.5 Å². The first kappa shape index (κ1) is 13.2. The molecule has 14 heavy (non-hydrogen) atoms. The van der Waals surface area contributed by atoms with Gasteiger partial charge in [0, 0.05) is 12.6 Å². The number of nitrogens with zero attached hydrogens (tertiary/aromatic N) is 1. The Hall–Kier alpha value is -0.770. The lowest BCUT2D eigenvalue weighted by molar-refractivity contribution is 0.561. The van der Waals surface area contributed by atoms with E-state index in [-0.39, 0.29) is 0 Å².